The fourth-order valence-corrected chi connectivity index (χ4v) is 2.28. The first-order valence-electron chi connectivity index (χ1n) is 7.95. The van der Waals surface area contributed by atoms with E-state index in [1.165, 1.54) is 11.1 Å². The number of hydrogen-bond acceptors (Lipinski definition) is 4. The Hall–Kier alpha value is -2.37. The standard InChI is InChI=1S/C10H11NO2.C9H13NO/c1-7-2-4-8(5-3-7)9-6-11-10(12)13-9;1-7-2-4-8(5-3-7)9(11)6-10/h2-5,9H,6H2,1H3,(H,11,12);2-5,9,11H,6,10H2,1H3. The van der Waals surface area contributed by atoms with Crippen molar-refractivity contribution in [3.63, 3.8) is 0 Å². The number of alkyl carbamates (subject to hydrolysis) is 1. The van der Waals surface area contributed by atoms with E-state index in [0.717, 1.165) is 11.1 Å². The van der Waals surface area contributed by atoms with E-state index in [1.54, 1.807) is 0 Å². The predicted octanol–water partition coefficient (Wildman–Crippen LogP) is 2.76. The van der Waals surface area contributed by atoms with Crippen molar-refractivity contribution in [1.29, 1.82) is 0 Å². The topological polar surface area (TPSA) is 84.6 Å². The Bertz CT molecular complexity index is 653. The van der Waals surface area contributed by atoms with E-state index in [-0.39, 0.29) is 18.7 Å². The van der Waals surface area contributed by atoms with Gasteiger partial charge in [-0.3, -0.25) is 0 Å². The molecule has 0 aliphatic carbocycles. The van der Waals surface area contributed by atoms with Crippen LogP contribution in [0.4, 0.5) is 4.79 Å². The summed E-state index contributed by atoms with van der Waals surface area (Å²) in [6.07, 6.45) is -0.964. The number of amides is 1. The van der Waals surface area contributed by atoms with E-state index >= 15 is 0 Å². The number of rotatable bonds is 3. The normalized spacial score (nSPS) is 17.3. The van der Waals surface area contributed by atoms with E-state index < -0.39 is 6.10 Å². The third-order valence-corrected chi connectivity index (χ3v) is 3.82. The number of hydrogen-bond donors (Lipinski definition) is 3. The van der Waals surface area contributed by atoms with Crippen LogP contribution in [0.15, 0.2) is 48.5 Å². The van der Waals surface area contributed by atoms with Crippen molar-refractivity contribution in [3.05, 3.63) is 70.8 Å². The highest BCUT2D eigenvalue weighted by atomic mass is 16.6. The number of aryl methyl sites for hydroxylation is 2. The zero-order valence-electron chi connectivity index (χ0n) is 14.0. The molecule has 5 heteroatoms. The maximum atomic E-state index is 10.8. The van der Waals surface area contributed by atoms with Gasteiger partial charge in [-0.15, -0.1) is 0 Å². The third kappa shape index (κ3) is 5.08. The monoisotopic (exact) mass is 328 g/mol. The maximum absolute atomic E-state index is 10.8. The molecule has 0 aromatic heterocycles. The van der Waals surface area contributed by atoms with E-state index in [9.17, 15) is 9.90 Å². The molecule has 0 spiro atoms. The van der Waals surface area contributed by atoms with Crippen molar-refractivity contribution < 1.29 is 14.6 Å². The van der Waals surface area contributed by atoms with Crippen LogP contribution in [0.25, 0.3) is 0 Å². The largest absolute Gasteiger partial charge is 0.439 e. The zero-order chi connectivity index (χ0) is 17.5. The summed E-state index contributed by atoms with van der Waals surface area (Å²) in [5, 5.41) is 11.9. The quantitative estimate of drug-likeness (QED) is 0.809. The fourth-order valence-electron chi connectivity index (χ4n) is 2.28. The molecular weight excluding hydrogens is 304 g/mol. The first kappa shape index (κ1) is 18.0. The molecule has 1 amide bonds. The lowest BCUT2D eigenvalue weighted by atomic mass is 10.1. The Morgan fingerprint density at radius 3 is 2.12 bits per heavy atom. The van der Waals surface area contributed by atoms with Gasteiger partial charge in [0.25, 0.3) is 0 Å². The lowest BCUT2D eigenvalue weighted by Gasteiger charge is -2.07. The molecule has 4 N–H and O–H groups in total. The van der Waals surface area contributed by atoms with Gasteiger partial charge in [0.15, 0.2) is 0 Å². The molecule has 2 atom stereocenters. The smallest absolute Gasteiger partial charge is 0.407 e. The van der Waals surface area contributed by atoms with Crippen LogP contribution in [0.3, 0.4) is 0 Å². The molecule has 128 valence electrons. The van der Waals surface area contributed by atoms with Crippen LogP contribution < -0.4 is 11.1 Å². The van der Waals surface area contributed by atoms with E-state index in [1.807, 2.05) is 62.4 Å². The van der Waals surface area contributed by atoms with Crippen LogP contribution in [0.1, 0.15) is 34.5 Å². The van der Waals surface area contributed by atoms with Gasteiger partial charge in [-0.1, -0.05) is 59.7 Å². The van der Waals surface area contributed by atoms with Crippen LogP contribution in [-0.2, 0) is 4.74 Å². The summed E-state index contributed by atoms with van der Waals surface area (Å²) >= 11 is 0. The number of aliphatic hydroxyl groups is 1. The van der Waals surface area contributed by atoms with Crippen LogP contribution in [-0.4, -0.2) is 24.3 Å². The van der Waals surface area contributed by atoms with E-state index in [0.29, 0.717) is 6.54 Å². The van der Waals surface area contributed by atoms with Crippen molar-refractivity contribution in [1.82, 2.24) is 5.32 Å². The number of benzene rings is 2. The number of nitrogens with one attached hydrogen (secondary N) is 1. The molecule has 0 saturated carbocycles. The molecule has 3 rings (SSSR count). The second-order valence-corrected chi connectivity index (χ2v) is 5.85. The Kier molecular flexibility index (Phi) is 6.35. The molecule has 1 aliphatic rings. The number of cyclic esters (lactones) is 1. The lowest BCUT2D eigenvalue weighted by molar-refractivity contribution is 0.141. The van der Waals surface area contributed by atoms with Gasteiger partial charge in [0.05, 0.1) is 12.6 Å². The van der Waals surface area contributed by atoms with Gasteiger partial charge in [0, 0.05) is 6.54 Å². The third-order valence-electron chi connectivity index (χ3n) is 3.82. The highest BCUT2D eigenvalue weighted by Gasteiger charge is 2.23. The molecule has 24 heavy (non-hydrogen) atoms. The minimum absolute atomic E-state index is 0.118. The van der Waals surface area contributed by atoms with E-state index in [2.05, 4.69) is 5.32 Å². The summed E-state index contributed by atoms with van der Waals surface area (Å²) in [6, 6.07) is 15.7. The van der Waals surface area contributed by atoms with Crippen molar-refractivity contribution in [2.45, 2.75) is 26.1 Å². The summed E-state index contributed by atoms with van der Waals surface area (Å²) in [5.41, 5.74) is 9.63. The van der Waals surface area contributed by atoms with Crippen LogP contribution in [0.2, 0.25) is 0 Å². The van der Waals surface area contributed by atoms with Crippen LogP contribution in [0, 0.1) is 13.8 Å². The van der Waals surface area contributed by atoms with Crippen molar-refractivity contribution in [2.75, 3.05) is 13.1 Å². The van der Waals surface area contributed by atoms with Gasteiger partial charge in [-0.05, 0) is 25.0 Å². The Morgan fingerprint density at radius 2 is 1.67 bits per heavy atom. The first-order chi connectivity index (χ1) is 11.5. The second kappa shape index (κ2) is 8.47. The number of ether oxygens (including phenoxy) is 1. The highest BCUT2D eigenvalue weighted by Crippen LogP contribution is 2.20. The van der Waals surface area contributed by atoms with Crippen LogP contribution in [0.5, 0.6) is 0 Å². The number of carbonyl (C=O) groups is 1. The van der Waals surface area contributed by atoms with Crippen LogP contribution >= 0.6 is 0 Å². The Labute approximate surface area is 142 Å². The minimum Gasteiger partial charge on any atom is -0.439 e. The minimum atomic E-state index is -0.518. The first-order valence-corrected chi connectivity index (χ1v) is 7.95. The lowest BCUT2D eigenvalue weighted by Crippen LogP contribution is -2.12. The average molecular weight is 328 g/mol. The molecule has 2 unspecified atom stereocenters. The summed E-state index contributed by atoms with van der Waals surface area (Å²) in [6.45, 7) is 4.90. The number of aliphatic hydroxyl groups excluding tert-OH is 1. The molecule has 0 bridgehead atoms. The summed E-state index contributed by atoms with van der Waals surface area (Å²) in [5.74, 6) is 0. The predicted molar refractivity (Wildman–Crippen MR) is 93.6 cm³/mol. The highest BCUT2D eigenvalue weighted by molar-refractivity contribution is 5.69. The molecule has 1 saturated heterocycles. The molecule has 1 aliphatic heterocycles. The molecule has 0 radical (unpaired) electrons. The molecular formula is C19H24N2O3. The number of nitrogens with two attached hydrogens (primary N) is 1. The summed E-state index contributed by atoms with van der Waals surface area (Å²) in [7, 11) is 0. The van der Waals surface area contributed by atoms with Crippen molar-refractivity contribution >= 4 is 6.09 Å². The van der Waals surface area contributed by atoms with Gasteiger partial charge < -0.3 is 20.9 Å². The van der Waals surface area contributed by atoms with Crippen molar-refractivity contribution in [3.8, 4) is 0 Å². The van der Waals surface area contributed by atoms with Crippen molar-refractivity contribution in [2.24, 2.45) is 5.73 Å². The zero-order valence-corrected chi connectivity index (χ0v) is 14.0. The second-order valence-electron chi connectivity index (χ2n) is 5.85. The van der Waals surface area contributed by atoms with Gasteiger partial charge in [0.2, 0.25) is 0 Å². The Morgan fingerprint density at radius 1 is 1.12 bits per heavy atom. The van der Waals surface area contributed by atoms with E-state index in [4.69, 9.17) is 10.5 Å². The van der Waals surface area contributed by atoms with Gasteiger partial charge >= 0.3 is 6.09 Å². The SMILES string of the molecule is Cc1ccc(C(O)CN)cc1.Cc1ccc(C2CNC(=O)O2)cc1. The molecule has 2 aromatic rings. The Balaban J connectivity index is 0.000000177. The summed E-state index contributed by atoms with van der Waals surface area (Å²) in [4.78, 5) is 10.8. The molecule has 1 fully saturated rings. The summed E-state index contributed by atoms with van der Waals surface area (Å²) < 4.78 is 5.04. The fraction of sp³-hybridized carbons (Fsp3) is 0.316. The molecule has 1 heterocycles. The molecule has 5 nitrogen and oxygen atoms in total. The maximum Gasteiger partial charge on any atom is 0.407 e. The van der Waals surface area contributed by atoms with Gasteiger partial charge in [-0.2, -0.15) is 0 Å². The average Bonchev–Trinajstić information content (AvgIpc) is 3.02. The van der Waals surface area contributed by atoms with Gasteiger partial charge in [0.1, 0.15) is 6.10 Å². The van der Waals surface area contributed by atoms with Gasteiger partial charge in [-0.25, -0.2) is 4.79 Å². The number of carbonyl (C=O) groups excluding carboxylic acids is 1. The molecule has 2 aromatic carbocycles.